The number of nitrogens with zero attached hydrogens (tertiary/aromatic N) is 4. The Morgan fingerprint density at radius 2 is 1.89 bits per heavy atom. The van der Waals surface area contributed by atoms with Crippen LogP contribution in [0.2, 0.25) is 0 Å². The molecule has 0 saturated carbocycles. The summed E-state index contributed by atoms with van der Waals surface area (Å²) in [5.41, 5.74) is 5.44. The molecule has 0 spiro atoms. The maximum absolute atomic E-state index is 11.4. The number of hydrogen-bond acceptors (Lipinski definition) is 5. The Bertz CT molecular complexity index is 1350. The van der Waals surface area contributed by atoms with Crippen LogP contribution in [0.15, 0.2) is 73.2 Å². The molecular weight excluding hydrogens is 440 g/mol. The molecule has 5 rings (SSSR count). The lowest BCUT2D eigenvalue weighted by Gasteiger charge is -2.29. The molecule has 0 radical (unpaired) electrons. The summed E-state index contributed by atoms with van der Waals surface area (Å²) >= 11 is 0. The molecule has 1 aliphatic rings. The first-order valence-corrected chi connectivity index (χ1v) is 11.8. The number of pyridine rings is 1. The Morgan fingerprint density at radius 1 is 1.09 bits per heavy atom. The van der Waals surface area contributed by atoms with Gasteiger partial charge in [0.15, 0.2) is 5.82 Å². The second-order valence-corrected chi connectivity index (χ2v) is 8.77. The monoisotopic (exact) mass is 468 g/mol. The van der Waals surface area contributed by atoms with E-state index in [0.717, 1.165) is 30.0 Å². The Labute approximate surface area is 204 Å². The lowest BCUT2D eigenvalue weighted by Crippen LogP contribution is -2.19. The van der Waals surface area contributed by atoms with E-state index < -0.39 is 5.97 Å². The number of benzene rings is 2. The van der Waals surface area contributed by atoms with E-state index in [1.807, 2.05) is 10.8 Å². The van der Waals surface area contributed by atoms with Gasteiger partial charge in [0.25, 0.3) is 0 Å². The molecular formula is C28H28N4O3. The van der Waals surface area contributed by atoms with Crippen molar-refractivity contribution in [2.75, 3.05) is 18.6 Å². The number of carboxylic acids is 1. The molecule has 1 aliphatic heterocycles. The minimum Gasteiger partial charge on any atom is -0.493 e. The lowest BCUT2D eigenvalue weighted by molar-refractivity contribution is 0.0696. The van der Waals surface area contributed by atoms with Crippen molar-refractivity contribution in [2.24, 2.45) is 0 Å². The summed E-state index contributed by atoms with van der Waals surface area (Å²) in [4.78, 5) is 22.4. The summed E-state index contributed by atoms with van der Waals surface area (Å²) in [6, 6.07) is 18.1. The Kier molecular flexibility index (Phi) is 6.23. The number of anilines is 2. The highest BCUT2D eigenvalue weighted by molar-refractivity contribution is 5.88. The average Bonchev–Trinajstić information content (AvgIpc) is 3.36. The molecule has 35 heavy (non-hydrogen) atoms. The van der Waals surface area contributed by atoms with Crippen molar-refractivity contribution < 1.29 is 14.6 Å². The zero-order valence-corrected chi connectivity index (χ0v) is 19.9. The second-order valence-electron chi connectivity index (χ2n) is 8.77. The number of carbonyl (C=O) groups is 1. The van der Waals surface area contributed by atoms with Gasteiger partial charge < -0.3 is 19.3 Å². The van der Waals surface area contributed by atoms with Gasteiger partial charge in [-0.25, -0.2) is 9.78 Å². The van der Waals surface area contributed by atoms with Gasteiger partial charge in [-0.15, -0.1) is 0 Å². The first-order chi connectivity index (χ1) is 17.0. The maximum Gasteiger partial charge on any atom is 0.335 e. The van der Waals surface area contributed by atoms with Crippen molar-refractivity contribution in [1.82, 2.24) is 14.5 Å². The Balaban J connectivity index is 1.39. The molecule has 0 bridgehead atoms. The second kappa shape index (κ2) is 9.62. The van der Waals surface area contributed by atoms with Gasteiger partial charge in [-0.05, 0) is 54.3 Å². The van der Waals surface area contributed by atoms with Crippen LogP contribution < -0.4 is 9.64 Å². The molecule has 0 aliphatic carbocycles. The molecule has 3 heterocycles. The molecule has 0 saturated heterocycles. The third kappa shape index (κ3) is 4.62. The number of rotatable bonds is 7. The summed E-state index contributed by atoms with van der Waals surface area (Å²) in [5, 5.41) is 9.33. The van der Waals surface area contributed by atoms with Crippen LogP contribution >= 0.6 is 0 Å². The number of ether oxygens (including phenoxy) is 1. The zero-order chi connectivity index (χ0) is 24.4. The largest absolute Gasteiger partial charge is 0.493 e. The van der Waals surface area contributed by atoms with Crippen LogP contribution in [0.25, 0.3) is 11.5 Å². The summed E-state index contributed by atoms with van der Waals surface area (Å²) < 4.78 is 8.11. The normalized spacial score (nSPS) is 14.7. The third-order valence-corrected chi connectivity index (χ3v) is 6.65. The number of hydrogen-bond donors (Lipinski definition) is 1. The lowest BCUT2D eigenvalue weighted by atomic mass is 9.92. The highest BCUT2D eigenvalue weighted by atomic mass is 16.5. The SMILES string of the molecule is CCc1ccc(N(C)c2ccc3c(c2)OCCC3Cn2ccnc2-c2cc(C(=O)O)ccn2)cc1. The molecule has 7 nitrogen and oxygen atoms in total. The minimum absolute atomic E-state index is 0.196. The summed E-state index contributed by atoms with van der Waals surface area (Å²) in [6.07, 6.45) is 7.07. The third-order valence-electron chi connectivity index (χ3n) is 6.65. The summed E-state index contributed by atoms with van der Waals surface area (Å²) in [6.45, 7) is 3.51. The molecule has 2 aromatic carbocycles. The summed E-state index contributed by atoms with van der Waals surface area (Å²) in [7, 11) is 2.07. The standard InChI is InChI=1S/C28H28N4O3/c1-3-19-4-6-22(7-5-19)31(2)23-8-9-24-21(11-15-35-26(24)17-23)18-32-14-13-30-27(32)25-16-20(28(33)34)10-12-29-25/h4-10,12-14,16-17,21H,3,11,15,18H2,1-2H3,(H,33,34). The Morgan fingerprint density at radius 3 is 2.66 bits per heavy atom. The highest BCUT2D eigenvalue weighted by Gasteiger charge is 2.24. The van der Waals surface area contributed by atoms with Crippen molar-refractivity contribution in [1.29, 1.82) is 0 Å². The van der Waals surface area contributed by atoms with Crippen LogP contribution in [-0.4, -0.2) is 39.3 Å². The molecule has 7 heteroatoms. The molecule has 1 unspecified atom stereocenters. The van der Waals surface area contributed by atoms with Gasteiger partial charge in [0, 0.05) is 55.5 Å². The number of aromatic carboxylic acids is 1. The van der Waals surface area contributed by atoms with Crippen molar-refractivity contribution >= 4 is 17.3 Å². The van der Waals surface area contributed by atoms with Gasteiger partial charge in [0.05, 0.1) is 12.2 Å². The topological polar surface area (TPSA) is 80.5 Å². The van der Waals surface area contributed by atoms with Gasteiger partial charge in [0.1, 0.15) is 11.4 Å². The van der Waals surface area contributed by atoms with Crippen LogP contribution in [-0.2, 0) is 13.0 Å². The van der Waals surface area contributed by atoms with E-state index >= 15 is 0 Å². The summed E-state index contributed by atoms with van der Waals surface area (Å²) in [5.74, 6) is 0.834. The van der Waals surface area contributed by atoms with E-state index in [9.17, 15) is 9.90 Å². The van der Waals surface area contributed by atoms with Crippen LogP contribution in [0.4, 0.5) is 11.4 Å². The van der Waals surface area contributed by atoms with Crippen molar-refractivity contribution in [3.8, 4) is 17.3 Å². The molecule has 4 aromatic rings. The number of fused-ring (bicyclic) bond motifs is 1. The number of aryl methyl sites for hydroxylation is 1. The van der Waals surface area contributed by atoms with Crippen molar-refractivity contribution in [3.05, 3.63) is 89.9 Å². The van der Waals surface area contributed by atoms with Gasteiger partial charge in [0.2, 0.25) is 0 Å². The van der Waals surface area contributed by atoms with E-state index in [1.165, 1.54) is 23.4 Å². The van der Waals surface area contributed by atoms with Gasteiger partial charge in [-0.2, -0.15) is 0 Å². The predicted molar refractivity (Wildman–Crippen MR) is 136 cm³/mol. The van der Waals surface area contributed by atoms with E-state index in [1.54, 1.807) is 12.3 Å². The predicted octanol–water partition coefficient (Wildman–Crippen LogP) is 5.54. The molecule has 2 aromatic heterocycles. The first kappa shape index (κ1) is 22.7. The van der Waals surface area contributed by atoms with E-state index in [4.69, 9.17) is 4.74 Å². The van der Waals surface area contributed by atoms with Gasteiger partial charge in [-0.1, -0.05) is 25.1 Å². The van der Waals surface area contributed by atoms with E-state index in [2.05, 4.69) is 71.3 Å². The van der Waals surface area contributed by atoms with E-state index in [-0.39, 0.29) is 11.5 Å². The fourth-order valence-electron chi connectivity index (χ4n) is 4.57. The quantitative estimate of drug-likeness (QED) is 0.384. The van der Waals surface area contributed by atoms with E-state index in [0.29, 0.717) is 24.7 Å². The molecule has 1 atom stereocenters. The molecule has 178 valence electrons. The average molecular weight is 469 g/mol. The minimum atomic E-state index is -0.979. The van der Waals surface area contributed by atoms with Crippen molar-refractivity contribution in [2.45, 2.75) is 32.2 Å². The fraction of sp³-hybridized carbons (Fsp3) is 0.250. The smallest absolute Gasteiger partial charge is 0.335 e. The molecule has 0 fully saturated rings. The zero-order valence-electron chi connectivity index (χ0n) is 19.9. The van der Waals surface area contributed by atoms with Crippen LogP contribution in [0, 0.1) is 0 Å². The van der Waals surface area contributed by atoms with Gasteiger partial charge >= 0.3 is 5.97 Å². The molecule has 0 amide bonds. The number of carboxylic acid groups (broad SMARTS) is 1. The highest BCUT2D eigenvalue weighted by Crippen LogP contribution is 2.39. The van der Waals surface area contributed by atoms with Crippen molar-refractivity contribution in [3.63, 3.8) is 0 Å². The number of aromatic nitrogens is 3. The number of imidazole rings is 1. The first-order valence-electron chi connectivity index (χ1n) is 11.8. The fourth-order valence-corrected chi connectivity index (χ4v) is 4.57. The van der Waals surface area contributed by atoms with Crippen LogP contribution in [0.3, 0.4) is 0 Å². The maximum atomic E-state index is 11.4. The van der Waals surface area contributed by atoms with Crippen LogP contribution in [0.1, 0.15) is 40.7 Å². The Hall–Kier alpha value is -4.13. The molecule has 1 N–H and O–H groups in total. The van der Waals surface area contributed by atoms with Crippen LogP contribution in [0.5, 0.6) is 5.75 Å². The van der Waals surface area contributed by atoms with Gasteiger partial charge in [-0.3, -0.25) is 4.98 Å².